The third-order valence-corrected chi connectivity index (χ3v) is 6.05. The number of hydrogen-bond acceptors (Lipinski definition) is 5. The van der Waals surface area contributed by atoms with Crippen molar-refractivity contribution in [2.24, 2.45) is 5.92 Å². The highest BCUT2D eigenvalue weighted by molar-refractivity contribution is 5.83. The molecule has 1 amide bonds. The minimum Gasteiger partial charge on any atom is -0.507 e. The van der Waals surface area contributed by atoms with Crippen LogP contribution in [-0.2, 0) is 17.5 Å². The van der Waals surface area contributed by atoms with Gasteiger partial charge in [0.25, 0.3) is 0 Å². The maximum absolute atomic E-state index is 13.1. The first-order chi connectivity index (χ1) is 15.5. The molecule has 0 saturated carbocycles. The van der Waals surface area contributed by atoms with Gasteiger partial charge in [-0.1, -0.05) is 0 Å². The highest BCUT2D eigenvalue weighted by Crippen LogP contribution is 2.39. The Bertz CT molecular complexity index is 1200. The van der Waals surface area contributed by atoms with Gasteiger partial charge in [-0.05, 0) is 50.6 Å². The zero-order chi connectivity index (χ0) is 24.1. The first-order valence-corrected chi connectivity index (χ1v) is 10.7. The molecular weight excluding hydrogens is 437 g/mol. The van der Waals surface area contributed by atoms with Gasteiger partial charge in [0.2, 0.25) is 5.91 Å². The summed E-state index contributed by atoms with van der Waals surface area (Å²) in [7, 11) is 0. The van der Waals surface area contributed by atoms with Crippen molar-refractivity contribution in [2.45, 2.75) is 46.0 Å². The summed E-state index contributed by atoms with van der Waals surface area (Å²) in [6.45, 7) is 6.70. The van der Waals surface area contributed by atoms with E-state index in [1.54, 1.807) is 28.6 Å². The number of pyridine rings is 1. The summed E-state index contributed by atoms with van der Waals surface area (Å²) in [5, 5.41) is 25.8. The van der Waals surface area contributed by atoms with Crippen LogP contribution in [0.1, 0.15) is 43.2 Å². The van der Waals surface area contributed by atoms with Crippen molar-refractivity contribution in [3.8, 4) is 17.0 Å². The Labute approximate surface area is 188 Å². The maximum atomic E-state index is 13.1. The first kappa shape index (κ1) is 23.0. The van der Waals surface area contributed by atoms with Gasteiger partial charge in [0.1, 0.15) is 5.75 Å². The van der Waals surface area contributed by atoms with Gasteiger partial charge in [0.15, 0.2) is 5.65 Å². The normalized spacial score (nSPS) is 17.8. The number of nitrogens with zero attached hydrogens (tertiary/aromatic N) is 4. The van der Waals surface area contributed by atoms with Gasteiger partial charge < -0.3 is 15.1 Å². The van der Waals surface area contributed by atoms with Crippen molar-refractivity contribution < 1.29 is 28.2 Å². The molecule has 4 rings (SSSR count). The number of carbonyl (C=O) groups excluding carboxylic acids is 1. The molecule has 0 aliphatic carbocycles. The van der Waals surface area contributed by atoms with Gasteiger partial charge in [-0.15, -0.1) is 0 Å². The second-order valence-corrected chi connectivity index (χ2v) is 8.50. The number of phenolic OH excluding ortho intramolecular Hbond substituents is 1. The first-order valence-electron chi connectivity index (χ1n) is 10.7. The standard InChI is InChI=1S/C23H25F3N4O3/c1-4-29-10-14(8-19(29)33)11-30-21(13(3)31)16-5-6-17(27-22(16)28-30)20-12(2)7-15(9-18(20)32)23(24,25)26/h5-7,9,13-14,31-32H,4,8,10-11H2,1-3H3/t13-,14-/m0/s1. The van der Waals surface area contributed by atoms with E-state index >= 15 is 0 Å². The Morgan fingerprint density at radius 3 is 2.58 bits per heavy atom. The molecule has 3 aromatic rings. The molecule has 2 N–H and O–H groups in total. The Hall–Kier alpha value is -3.14. The van der Waals surface area contributed by atoms with E-state index in [2.05, 4.69) is 10.1 Å². The SMILES string of the molecule is CCN1C[C@@H](Cn2nc3nc(-c4c(C)cc(C(F)(F)F)cc4O)ccc3c2[C@H](C)O)CC1=O. The van der Waals surface area contributed by atoms with Crippen molar-refractivity contribution in [1.82, 2.24) is 19.7 Å². The third kappa shape index (κ3) is 4.27. The number of likely N-dealkylation sites (tertiary alicyclic amines) is 1. The number of benzene rings is 1. The summed E-state index contributed by atoms with van der Waals surface area (Å²) in [5.74, 6) is -0.384. The number of aromatic hydroxyl groups is 1. The van der Waals surface area contributed by atoms with E-state index in [4.69, 9.17) is 0 Å². The molecule has 7 nitrogen and oxygen atoms in total. The summed E-state index contributed by atoms with van der Waals surface area (Å²) in [4.78, 5) is 18.4. The predicted octanol–water partition coefficient (Wildman–Crippen LogP) is 4.05. The van der Waals surface area contributed by atoms with E-state index < -0.39 is 23.6 Å². The van der Waals surface area contributed by atoms with Crippen LogP contribution in [0, 0.1) is 12.8 Å². The number of hydrogen-bond donors (Lipinski definition) is 2. The lowest BCUT2D eigenvalue weighted by Crippen LogP contribution is -2.25. The van der Waals surface area contributed by atoms with Gasteiger partial charge in [-0.3, -0.25) is 9.48 Å². The number of alkyl halides is 3. The number of aliphatic hydroxyl groups excluding tert-OH is 1. The number of amides is 1. The van der Waals surface area contributed by atoms with Crippen LogP contribution in [0.3, 0.4) is 0 Å². The monoisotopic (exact) mass is 462 g/mol. The van der Waals surface area contributed by atoms with Crippen molar-refractivity contribution in [1.29, 1.82) is 0 Å². The van der Waals surface area contributed by atoms with E-state index in [1.807, 2.05) is 6.92 Å². The highest BCUT2D eigenvalue weighted by Gasteiger charge is 2.33. The number of rotatable bonds is 5. The molecule has 0 radical (unpaired) electrons. The minimum atomic E-state index is -4.57. The van der Waals surface area contributed by atoms with Crippen molar-refractivity contribution >= 4 is 16.9 Å². The average Bonchev–Trinajstić information content (AvgIpc) is 3.25. The van der Waals surface area contributed by atoms with E-state index in [0.717, 1.165) is 6.07 Å². The fourth-order valence-electron chi connectivity index (χ4n) is 4.54. The zero-order valence-corrected chi connectivity index (χ0v) is 18.5. The summed E-state index contributed by atoms with van der Waals surface area (Å²) < 4.78 is 40.8. The summed E-state index contributed by atoms with van der Waals surface area (Å²) >= 11 is 0. The number of aliphatic hydroxyl groups is 1. The quantitative estimate of drug-likeness (QED) is 0.597. The van der Waals surface area contributed by atoms with Crippen molar-refractivity contribution in [3.63, 3.8) is 0 Å². The average molecular weight is 462 g/mol. The maximum Gasteiger partial charge on any atom is 0.416 e. The fraction of sp³-hybridized carbons (Fsp3) is 0.435. The second-order valence-electron chi connectivity index (χ2n) is 8.50. The molecule has 1 fully saturated rings. The van der Waals surface area contributed by atoms with Gasteiger partial charge in [0, 0.05) is 42.9 Å². The Balaban J connectivity index is 1.74. The lowest BCUT2D eigenvalue weighted by atomic mass is 10.00. The summed E-state index contributed by atoms with van der Waals surface area (Å²) in [5.41, 5.74) is 0.626. The van der Waals surface area contributed by atoms with Crippen LogP contribution >= 0.6 is 0 Å². The van der Waals surface area contributed by atoms with E-state index in [-0.39, 0.29) is 28.6 Å². The molecule has 2 atom stereocenters. The molecule has 1 aliphatic rings. The molecule has 2 aromatic heterocycles. The third-order valence-electron chi connectivity index (χ3n) is 6.05. The van der Waals surface area contributed by atoms with Crippen LogP contribution in [0.25, 0.3) is 22.3 Å². The summed E-state index contributed by atoms with van der Waals surface area (Å²) in [6, 6.07) is 4.94. The molecule has 1 aliphatic heterocycles. The van der Waals surface area contributed by atoms with Crippen LogP contribution < -0.4 is 0 Å². The predicted molar refractivity (Wildman–Crippen MR) is 115 cm³/mol. The number of carbonyl (C=O) groups is 1. The van der Waals surface area contributed by atoms with E-state index in [0.29, 0.717) is 48.8 Å². The largest absolute Gasteiger partial charge is 0.507 e. The highest BCUT2D eigenvalue weighted by atomic mass is 19.4. The summed E-state index contributed by atoms with van der Waals surface area (Å²) in [6.07, 6.45) is -5.01. The molecule has 0 unspecified atom stereocenters. The van der Waals surface area contributed by atoms with E-state index in [1.165, 1.54) is 6.92 Å². The molecule has 33 heavy (non-hydrogen) atoms. The Morgan fingerprint density at radius 1 is 1.27 bits per heavy atom. The number of aromatic nitrogens is 3. The number of fused-ring (bicyclic) bond motifs is 1. The van der Waals surface area contributed by atoms with E-state index in [9.17, 15) is 28.2 Å². The van der Waals surface area contributed by atoms with Crippen LogP contribution in [-0.4, -0.2) is 48.9 Å². The van der Waals surface area contributed by atoms with Gasteiger partial charge in [0.05, 0.1) is 23.1 Å². The van der Waals surface area contributed by atoms with Crippen molar-refractivity contribution in [2.75, 3.05) is 13.1 Å². The minimum absolute atomic E-state index is 0.0462. The molecule has 0 spiro atoms. The molecule has 1 saturated heterocycles. The van der Waals surface area contributed by atoms with Gasteiger partial charge >= 0.3 is 6.18 Å². The van der Waals surface area contributed by atoms with Crippen LogP contribution in [0.4, 0.5) is 13.2 Å². The Kier molecular flexibility index (Phi) is 5.81. The Morgan fingerprint density at radius 2 is 2.00 bits per heavy atom. The number of phenols is 1. The molecule has 176 valence electrons. The topological polar surface area (TPSA) is 91.5 Å². The lowest BCUT2D eigenvalue weighted by molar-refractivity contribution is -0.137. The van der Waals surface area contributed by atoms with Gasteiger partial charge in [-0.2, -0.15) is 18.3 Å². The van der Waals surface area contributed by atoms with Crippen LogP contribution in [0.5, 0.6) is 5.75 Å². The smallest absolute Gasteiger partial charge is 0.416 e. The molecule has 0 bridgehead atoms. The van der Waals surface area contributed by atoms with Crippen LogP contribution in [0.15, 0.2) is 24.3 Å². The zero-order valence-electron chi connectivity index (χ0n) is 18.5. The molecular formula is C23H25F3N4O3. The molecule has 10 heteroatoms. The molecule has 1 aromatic carbocycles. The number of aryl methyl sites for hydroxylation is 1. The lowest BCUT2D eigenvalue weighted by Gasteiger charge is -2.15. The second kappa shape index (κ2) is 8.33. The van der Waals surface area contributed by atoms with Crippen molar-refractivity contribution in [3.05, 3.63) is 41.1 Å². The fourth-order valence-corrected chi connectivity index (χ4v) is 4.54. The number of halogens is 3. The molecule has 3 heterocycles. The van der Waals surface area contributed by atoms with Crippen LogP contribution in [0.2, 0.25) is 0 Å². The van der Waals surface area contributed by atoms with Gasteiger partial charge in [-0.25, -0.2) is 4.98 Å².